The van der Waals surface area contributed by atoms with Gasteiger partial charge in [0.15, 0.2) is 0 Å². The Morgan fingerprint density at radius 1 is 1.00 bits per heavy atom. The fourth-order valence-corrected chi connectivity index (χ4v) is 4.00. The topological polar surface area (TPSA) is 59.9 Å². The SMILES string of the molecule is O=C(c1ccc(Cl)cc1)N(Cc1ccc(N2CCN(CCO)CC2)nc1)c1ccc(F)cc1. The van der Waals surface area contributed by atoms with Crippen LogP contribution in [-0.4, -0.2) is 60.2 Å². The first-order chi connectivity index (χ1) is 16.0. The van der Waals surface area contributed by atoms with Crippen molar-refractivity contribution < 1.29 is 14.3 Å². The Balaban J connectivity index is 1.50. The summed E-state index contributed by atoms with van der Waals surface area (Å²) in [5.74, 6) is 0.324. The number of anilines is 2. The maximum Gasteiger partial charge on any atom is 0.258 e. The molecule has 0 radical (unpaired) electrons. The van der Waals surface area contributed by atoms with Gasteiger partial charge in [-0.25, -0.2) is 9.37 Å². The number of pyridine rings is 1. The Labute approximate surface area is 197 Å². The van der Waals surface area contributed by atoms with Gasteiger partial charge in [0.05, 0.1) is 13.2 Å². The summed E-state index contributed by atoms with van der Waals surface area (Å²) in [4.78, 5) is 24.0. The summed E-state index contributed by atoms with van der Waals surface area (Å²) in [6.07, 6.45) is 1.78. The number of halogens is 2. The largest absolute Gasteiger partial charge is 0.395 e. The zero-order valence-corrected chi connectivity index (χ0v) is 19.0. The van der Waals surface area contributed by atoms with Gasteiger partial charge in [0.1, 0.15) is 11.6 Å². The van der Waals surface area contributed by atoms with Crippen LogP contribution in [0.15, 0.2) is 66.9 Å². The van der Waals surface area contributed by atoms with Gasteiger partial charge in [-0.3, -0.25) is 9.69 Å². The van der Waals surface area contributed by atoms with Crippen LogP contribution in [0, 0.1) is 5.82 Å². The lowest BCUT2D eigenvalue weighted by molar-refractivity contribution is 0.0985. The Hall–Kier alpha value is -3.00. The summed E-state index contributed by atoms with van der Waals surface area (Å²) < 4.78 is 13.5. The number of rotatable bonds is 7. The van der Waals surface area contributed by atoms with E-state index in [0.29, 0.717) is 29.4 Å². The number of hydrogen-bond donors (Lipinski definition) is 1. The lowest BCUT2D eigenvalue weighted by atomic mass is 10.1. The molecular weight excluding hydrogens is 443 g/mol. The average Bonchev–Trinajstić information content (AvgIpc) is 2.84. The lowest BCUT2D eigenvalue weighted by Gasteiger charge is -2.35. The number of β-amino-alcohol motifs (C(OH)–C–C–N with tert-alkyl or cyclic N) is 1. The molecule has 1 N–H and O–H groups in total. The lowest BCUT2D eigenvalue weighted by Crippen LogP contribution is -2.47. The second kappa shape index (κ2) is 10.7. The molecule has 1 aliphatic heterocycles. The number of nitrogens with zero attached hydrogens (tertiary/aromatic N) is 4. The number of aliphatic hydroxyl groups is 1. The maximum absolute atomic E-state index is 13.5. The van der Waals surface area contributed by atoms with Gasteiger partial charge in [0.2, 0.25) is 0 Å². The predicted molar refractivity (Wildman–Crippen MR) is 128 cm³/mol. The highest BCUT2D eigenvalue weighted by atomic mass is 35.5. The van der Waals surface area contributed by atoms with E-state index in [2.05, 4.69) is 14.8 Å². The van der Waals surface area contributed by atoms with E-state index in [1.165, 1.54) is 12.1 Å². The third-order valence-corrected chi connectivity index (χ3v) is 5.99. The van der Waals surface area contributed by atoms with Crippen LogP contribution in [-0.2, 0) is 6.54 Å². The van der Waals surface area contributed by atoms with Crippen molar-refractivity contribution in [2.24, 2.45) is 0 Å². The van der Waals surface area contributed by atoms with Crippen molar-refractivity contribution in [3.8, 4) is 0 Å². The van der Waals surface area contributed by atoms with Crippen LogP contribution in [0.4, 0.5) is 15.9 Å². The first kappa shape index (κ1) is 23.2. The van der Waals surface area contributed by atoms with Crippen LogP contribution in [0.25, 0.3) is 0 Å². The van der Waals surface area contributed by atoms with Gasteiger partial charge in [-0.1, -0.05) is 17.7 Å². The number of carbonyl (C=O) groups excluding carboxylic acids is 1. The first-order valence-electron chi connectivity index (χ1n) is 10.9. The van der Waals surface area contributed by atoms with E-state index in [-0.39, 0.29) is 18.3 Å². The van der Waals surface area contributed by atoms with Crippen molar-refractivity contribution in [1.82, 2.24) is 9.88 Å². The molecule has 172 valence electrons. The van der Waals surface area contributed by atoms with E-state index in [9.17, 15) is 9.18 Å². The number of piperazine rings is 1. The molecule has 0 bridgehead atoms. The smallest absolute Gasteiger partial charge is 0.258 e. The summed E-state index contributed by atoms with van der Waals surface area (Å²) in [5, 5.41) is 9.66. The number of amides is 1. The molecule has 1 saturated heterocycles. The summed E-state index contributed by atoms with van der Waals surface area (Å²) in [6.45, 7) is 4.64. The van der Waals surface area contributed by atoms with Crippen molar-refractivity contribution in [3.63, 3.8) is 0 Å². The van der Waals surface area contributed by atoms with E-state index in [1.807, 2.05) is 12.1 Å². The standard InChI is InChI=1S/C25H26ClFN4O2/c26-21-4-2-20(3-5-21)25(33)31(23-8-6-22(27)7-9-23)18-19-1-10-24(28-17-19)30-13-11-29(12-14-30)15-16-32/h1-10,17,32H,11-16,18H2. The molecule has 1 aromatic heterocycles. The molecule has 2 aromatic carbocycles. The molecular formula is C25H26ClFN4O2. The quantitative estimate of drug-likeness (QED) is 0.571. The second-order valence-corrected chi connectivity index (χ2v) is 8.39. The molecule has 2 heterocycles. The molecule has 33 heavy (non-hydrogen) atoms. The number of carbonyl (C=O) groups is 1. The summed E-state index contributed by atoms with van der Waals surface area (Å²) in [5.41, 5.74) is 1.96. The molecule has 4 rings (SSSR count). The molecule has 0 aliphatic carbocycles. The molecule has 3 aromatic rings. The summed E-state index contributed by atoms with van der Waals surface area (Å²) in [6, 6.07) is 16.5. The van der Waals surface area contributed by atoms with Crippen LogP contribution >= 0.6 is 11.6 Å². The number of benzene rings is 2. The highest BCUT2D eigenvalue weighted by Gasteiger charge is 2.20. The van der Waals surface area contributed by atoms with Crippen LogP contribution < -0.4 is 9.80 Å². The molecule has 0 saturated carbocycles. The van der Waals surface area contributed by atoms with Gasteiger partial charge in [-0.05, 0) is 60.2 Å². The van der Waals surface area contributed by atoms with Crippen LogP contribution in [0.3, 0.4) is 0 Å². The normalized spacial score (nSPS) is 14.3. The first-order valence-corrected chi connectivity index (χ1v) is 11.3. The molecule has 8 heteroatoms. The third-order valence-electron chi connectivity index (χ3n) is 5.74. The van der Waals surface area contributed by atoms with Crippen molar-refractivity contribution in [2.75, 3.05) is 49.1 Å². The van der Waals surface area contributed by atoms with Gasteiger partial charge in [-0.2, -0.15) is 0 Å². The maximum atomic E-state index is 13.5. The highest BCUT2D eigenvalue weighted by Crippen LogP contribution is 2.23. The fourth-order valence-electron chi connectivity index (χ4n) is 3.87. The number of aromatic nitrogens is 1. The monoisotopic (exact) mass is 468 g/mol. The molecule has 0 atom stereocenters. The van der Waals surface area contributed by atoms with Crippen molar-refractivity contribution in [1.29, 1.82) is 0 Å². The zero-order chi connectivity index (χ0) is 23.2. The molecule has 0 unspecified atom stereocenters. The number of aliphatic hydroxyl groups excluding tert-OH is 1. The third kappa shape index (κ3) is 5.87. The van der Waals surface area contributed by atoms with E-state index >= 15 is 0 Å². The molecule has 1 amide bonds. The minimum atomic E-state index is -0.359. The van der Waals surface area contributed by atoms with Gasteiger partial charge in [0, 0.05) is 55.2 Å². The molecule has 6 nitrogen and oxygen atoms in total. The van der Waals surface area contributed by atoms with Gasteiger partial charge in [-0.15, -0.1) is 0 Å². The van der Waals surface area contributed by atoms with Crippen molar-refractivity contribution >= 4 is 29.0 Å². The highest BCUT2D eigenvalue weighted by molar-refractivity contribution is 6.30. The minimum Gasteiger partial charge on any atom is -0.395 e. The van der Waals surface area contributed by atoms with Gasteiger partial charge < -0.3 is 14.9 Å². The van der Waals surface area contributed by atoms with Gasteiger partial charge in [0.25, 0.3) is 5.91 Å². The van der Waals surface area contributed by atoms with E-state index in [1.54, 1.807) is 47.5 Å². The number of hydrogen-bond acceptors (Lipinski definition) is 5. The second-order valence-electron chi connectivity index (χ2n) is 7.95. The molecule has 0 spiro atoms. The molecule has 1 fully saturated rings. The van der Waals surface area contributed by atoms with Crippen LogP contribution in [0.5, 0.6) is 0 Å². The Morgan fingerprint density at radius 3 is 2.30 bits per heavy atom. The summed E-state index contributed by atoms with van der Waals surface area (Å²) in [7, 11) is 0. The van der Waals surface area contributed by atoms with Crippen molar-refractivity contribution in [3.05, 3.63) is 88.8 Å². The van der Waals surface area contributed by atoms with E-state index in [4.69, 9.17) is 16.7 Å². The van der Waals surface area contributed by atoms with Crippen LogP contribution in [0.2, 0.25) is 5.02 Å². The van der Waals surface area contributed by atoms with E-state index < -0.39 is 0 Å². The Morgan fingerprint density at radius 2 is 1.70 bits per heavy atom. The predicted octanol–water partition coefficient (Wildman–Crippen LogP) is 3.84. The van der Waals surface area contributed by atoms with Crippen molar-refractivity contribution in [2.45, 2.75) is 6.54 Å². The average molecular weight is 469 g/mol. The Kier molecular flexibility index (Phi) is 7.54. The van der Waals surface area contributed by atoms with Crippen LogP contribution in [0.1, 0.15) is 15.9 Å². The van der Waals surface area contributed by atoms with E-state index in [0.717, 1.165) is 37.6 Å². The zero-order valence-electron chi connectivity index (χ0n) is 18.2. The fraction of sp³-hybridized carbons (Fsp3) is 0.280. The summed E-state index contributed by atoms with van der Waals surface area (Å²) >= 11 is 5.97. The minimum absolute atomic E-state index is 0.173. The van der Waals surface area contributed by atoms with Gasteiger partial charge >= 0.3 is 0 Å². The molecule has 1 aliphatic rings. The Bertz CT molecular complexity index is 1050.